The summed E-state index contributed by atoms with van der Waals surface area (Å²) >= 11 is 1.16. The Bertz CT molecular complexity index is 1100. The molecular weight excluding hydrogens is 436 g/mol. The SMILES string of the molecule is C=CCn1c(COc2cccc(C)c2)nnc1SCC(=O)c1cc(C)ccc1OC(F)F. The van der Waals surface area contributed by atoms with Crippen molar-refractivity contribution >= 4 is 17.5 Å². The molecular formula is C23H23F2N3O3S. The number of carbonyl (C=O) groups excluding carboxylic acids is 1. The molecule has 3 rings (SSSR count). The van der Waals surface area contributed by atoms with Gasteiger partial charge in [0, 0.05) is 6.54 Å². The van der Waals surface area contributed by atoms with Crippen LogP contribution < -0.4 is 9.47 Å². The highest BCUT2D eigenvalue weighted by molar-refractivity contribution is 7.99. The number of hydrogen-bond acceptors (Lipinski definition) is 6. The number of rotatable bonds is 11. The summed E-state index contributed by atoms with van der Waals surface area (Å²) in [5.41, 5.74) is 1.96. The fourth-order valence-electron chi connectivity index (χ4n) is 2.97. The zero-order valence-corrected chi connectivity index (χ0v) is 18.6. The van der Waals surface area contributed by atoms with Crippen molar-refractivity contribution in [2.45, 2.75) is 38.8 Å². The van der Waals surface area contributed by atoms with Gasteiger partial charge >= 0.3 is 6.61 Å². The summed E-state index contributed by atoms with van der Waals surface area (Å²) in [5, 5.41) is 8.85. The maximum atomic E-state index is 12.7. The number of carbonyl (C=O) groups is 1. The lowest BCUT2D eigenvalue weighted by Gasteiger charge is -2.11. The lowest BCUT2D eigenvalue weighted by atomic mass is 10.1. The number of hydrogen-bond donors (Lipinski definition) is 0. The van der Waals surface area contributed by atoms with Crippen molar-refractivity contribution in [2.24, 2.45) is 0 Å². The summed E-state index contributed by atoms with van der Waals surface area (Å²) in [4.78, 5) is 12.7. The molecule has 1 aromatic heterocycles. The molecule has 0 aliphatic carbocycles. The van der Waals surface area contributed by atoms with Gasteiger partial charge in [-0.05, 0) is 43.7 Å². The Balaban J connectivity index is 1.72. The number of nitrogens with zero attached hydrogens (tertiary/aromatic N) is 3. The molecule has 1 heterocycles. The van der Waals surface area contributed by atoms with E-state index < -0.39 is 6.61 Å². The molecule has 0 fully saturated rings. The van der Waals surface area contributed by atoms with E-state index in [0.717, 1.165) is 22.9 Å². The number of Topliss-reactive ketones (excluding diaryl/α,β-unsaturated/α-hetero) is 1. The molecule has 0 spiro atoms. The van der Waals surface area contributed by atoms with Gasteiger partial charge in [-0.3, -0.25) is 9.36 Å². The number of aryl methyl sites for hydroxylation is 2. The minimum atomic E-state index is -3.01. The average molecular weight is 460 g/mol. The number of ether oxygens (including phenoxy) is 2. The number of allylic oxidation sites excluding steroid dienone is 1. The summed E-state index contributed by atoms with van der Waals surface area (Å²) in [6.07, 6.45) is 1.69. The van der Waals surface area contributed by atoms with Crippen LogP contribution in [0, 0.1) is 13.8 Å². The van der Waals surface area contributed by atoms with Gasteiger partial charge in [-0.15, -0.1) is 16.8 Å². The molecule has 0 unspecified atom stereocenters. The van der Waals surface area contributed by atoms with E-state index in [2.05, 4.69) is 21.5 Å². The predicted molar refractivity (Wildman–Crippen MR) is 119 cm³/mol. The van der Waals surface area contributed by atoms with Crippen LogP contribution in [-0.2, 0) is 13.2 Å². The van der Waals surface area contributed by atoms with Crippen LogP contribution in [0.5, 0.6) is 11.5 Å². The van der Waals surface area contributed by atoms with Crippen molar-refractivity contribution in [3.8, 4) is 11.5 Å². The van der Waals surface area contributed by atoms with Gasteiger partial charge in [-0.1, -0.05) is 41.6 Å². The van der Waals surface area contributed by atoms with Gasteiger partial charge in [0.25, 0.3) is 0 Å². The van der Waals surface area contributed by atoms with Gasteiger partial charge < -0.3 is 9.47 Å². The van der Waals surface area contributed by atoms with Crippen molar-refractivity contribution in [1.29, 1.82) is 0 Å². The summed E-state index contributed by atoms with van der Waals surface area (Å²) < 4.78 is 37.5. The van der Waals surface area contributed by atoms with Crippen LogP contribution >= 0.6 is 11.8 Å². The van der Waals surface area contributed by atoms with Crippen molar-refractivity contribution in [2.75, 3.05) is 5.75 Å². The van der Waals surface area contributed by atoms with Gasteiger partial charge in [-0.2, -0.15) is 8.78 Å². The van der Waals surface area contributed by atoms with Crippen LogP contribution in [0.3, 0.4) is 0 Å². The summed E-state index contributed by atoms with van der Waals surface area (Å²) in [5.74, 6) is 0.792. The van der Waals surface area contributed by atoms with Crippen LogP contribution in [-0.4, -0.2) is 32.9 Å². The Hall–Kier alpha value is -3.20. The summed E-state index contributed by atoms with van der Waals surface area (Å²) in [6, 6.07) is 12.2. The fraction of sp³-hybridized carbons (Fsp3) is 0.261. The van der Waals surface area contributed by atoms with Crippen molar-refractivity contribution in [3.05, 3.63) is 77.6 Å². The molecule has 168 valence electrons. The number of aromatic nitrogens is 3. The second-order valence-electron chi connectivity index (χ2n) is 6.99. The van der Waals surface area contributed by atoms with Gasteiger partial charge in [-0.25, -0.2) is 0 Å². The third-order valence-electron chi connectivity index (χ3n) is 4.45. The predicted octanol–water partition coefficient (Wildman–Crippen LogP) is 5.24. The van der Waals surface area contributed by atoms with Gasteiger partial charge in [0.1, 0.15) is 18.1 Å². The zero-order chi connectivity index (χ0) is 23.1. The highest BCUT2D eigenvalue weighted by atomic mass is 32.2. The second-order valence-corrected chi connectivity index (χ2v) is 7.94. The zero-order valence-electron chi connectivity index (χ0n) is 17.8. The van der Waals surface area contributed by atoms with Crippen LogP contribution in [0.4, 0.5) is 8.78 Å². The first-order chi connectivity index (χ1) is 15.4. The molecule has 6 nitrogen and oxygen atoms in total. The molecule has 3 aromatic rings. The van der Waals surface area contributed by atoms with E-state index in [-0.39, 0.29) is 29.5 Å². The number of ketones is 1. The highest BCUT2D eigenvalue weighted by Gasteiger charge is 2.19. The van der Waals surface area contributed by atoms with E-state index in [0.29, 0.717) is 23.3 Å². The molecule has 0 radical (unpaired) electrons. The molecule has 0 atom stereocenters. The monoisotopic (exact) mass is 459 g/mol. The molecule has 2 aromatic carbocycles. The minimum Gasteiger partial charge on any atom is -0.486 e. The lowest BCUT2D eigenvalue weighted by Crippen LogP contribution is -2.11. The number of benzene rings is 2. The number of halogens is 2. The maximum absolute atomic E-state index is 12.7. The van der Waals surface area contributed by atoms with Gasteiger partial charge in [0.05, 0.1) is 11.3 Å². The lowest BCUT2D eigenvalue weighted by molar-refractivity contribution is -0.0501. The minimum absolute atomic E-state index is 0.0168. The molecule has 0 aliphatic rings. The Kier molecular flexibility index (Phi) is 7.99. The Morgan fingerprint density at radius 2 is 1.97 bits per heavy atom. The molecule has 0 N–H and O–H groups in total. The van der Waals surface area contributed by atoms with Crippen molar-refractivity contribution in [1.82, 2.24) is 14.8 Å². The number of thioether (sulfide) groups is 1. The van der Waals surface area contributed by atoms with Crippen molar-refractivity contribution < 1.29 is 23.0 Å². The smallest absolute Gasteiger partial charge is 0.387 e. The largest absolute Gasteiger partial charge is 0.486 e. The van der Waals surface area contributed by atoms with E-state index in [4.69, 9.17) is 4.74 Å². The number of alkyl halides is 2. The molecule has 32 heavy (non-hydrogen) atoms. The standard InChI is InChI=1S/C23H23F2N3O3S/c1-4-10-28-21(13-30-17-7-5-6-15(2)11-17)26-27-23(28)32-14-19(29)18-12-16(3)8-9-20(18)31-22(24)25/h4-9,11-12,22H,1,10,13-14H2,2-3H3. The maximum Gasteiger partial charge on any atom is 0.387 e. The van der Waals surface area contributed by atoms with Gasteiger partial charge in [0.2, 0.25) is 0 Å². The van der Waals surface area contributed by atoms with E-state index in [1.807, 2.05) is 31.2 Å². The van der Waals surface area contributed by atoms with E-state index >= 15 is 0 Å². The molecule has 0 saturated carbocycles. The summed E-state index contributed by atoms with van der Waals surface area (Å²) in [7, 11) is 0. The third kappa shape index (κ3) is 6.16. The molecule has 0 amide bonds. The first kappa shape index (κ1) is 23.5. The Labute approximate surface area is 189 Å². The van der Waals surface area contributed by atoms with Gasteiger partial charge in [0.15, 0.2) is 16.8 Å². The Morgan fingerprint density at radius 3 is 2.69 bits per heavy atom. The second kappa shape index (κ2) is 10.9. The molecule has 0 saturated heterocycles. The fourth-order valence-corrected chi connectivity index (χ4v) is 3.82. The molecule has 0 aliphatic heterocycles. The molecule has 0 bridgehead atoms. The van der Waals surface area contributed by atoms with Crippen molar-refractivity contribution in [3.63, 3.8) is 0 Å². The third-order valence-corrected chi connectivity index (χ3v) is 5.41. The normalized spacial score (nSPS) is 10.9. The average Bonchev–Trinajstić information content (AvgIpc) is 3.13. The van der Waals surface area contributed by atoms with E-state index in [9.17, 15) is 13.6 Å². The Morgan fingerprint density at radius 1 is 1.19 bits per heavy atom. The highest BCUT2D eigenvalue weighted by Crippen LogP contribution is 2.26. The molecule has 9 heteroatoms. The first-order valence-electron chi connectivity index (χ1n) is 9.81. The topological polar surface area (TPSA) is 66.2 Å². The van der Waals surface area contributed by atoms with Crippen LogP contribution in [0.25, 0.3) is 0 Å². The van der Waals surface area contributed by atoms with E-state index in [1.54, 1.807) is 23.6 Å². The van der Waals surface area contributed by atoms with Crippen LogP contribution in [0.15, 0.2) is 60.3 Å². The summed E-state index contributed by atoms with van der Waals surface area (Å²) in [6.45, 7) is 5.13. The first-order valence-corrected chi connectivity index (χ1v) is 10.8. The van der Waals surface area contributed by atoms with Crippen LogP contribution in [0.2, 0.25) is 0 Å². The van der Waals surface area contributed by atoms with Crippen LogP contribution in [0.1, 0.15) is 27.3 Å². The quantitative estimate of drug-likeness (QED) is 0.222. The van der Waals surface area contributed by atoms with E-state index in [1.165, 1.54) is 12.1 Å².